The maximum atomic E-state index is 15.1. The van der Waals surface area contributed by atoms with Crippen molar-refractivity contribution in [3.8, 4) is 17.2 Å². The monoisotopic (exact) mass is 441 g/mol. The van der Waals surface area contributed by atoms with Gasteiger partial charge in [0, 0.05) is 30.2 Å². The number of hydrogen-bond acceptors (Lipinski definition) is 8. The summed E-state index contributed by atoms with van der Waals surface area (Å²) in [6.07, 6.45) is 2.27. The molecule has 0 saturated carbocycles. The second-order valence-corrected chi connectivity index (χ2v) is 8.72. The van der Waals surface area contributed by atoms with Crippen molar-refractivity contribution in [3.05, 3.63) is 42.0 Å². The number of fused-ring (bicyclic) bond motifs is 1. The van der Waals surface area contributed by atoms with Crippen LogP contribution < -0.4 is 14.6 Å². The fourth-order valence-corrected chi connectivity index (χ4v) is 3.53. The number of pyridine rings is 1. The van der Waals surface area contributed by atoms with Crippen LogP contribution in [0.5, 0.6) is 17.2 Å². The van der Waals surface area contributed by atoms with Gasteiger partial charge in [0.15, 0.2) is 26.4 Å². The van der Waals surface area contributed by atoms with Gasteiger partial charge in [-0.15, -0.1) is 0 Å². The molecule has 29 heavy (non-hydrogen) atoms. The van der Waals surface area contributed by atoms with Gasteiger partial charge in [-0.3, -0.25) is 5.14 Å². The Kier molecular flexibility index (Phi) is 6.63. The van der Waals surface area contributed by atoms with Gasteiger partial charge in [-0.25, -0.2) is 13.4 Å². The number of nitrogens with zero attached hydrogens (tertiary/aromatic N) is 1. The molecule has 156 valence electrons. The highest BCUT2D eigenvalue weighted by Crippen LogP contribution is 2.38. The zero-order valence-electron chi connectivity index (χ0n) is 15.8. The fourth-order valence-electron chi connectivity index (χ4n) is 2.63. The van der Waals surface area contributed by atoms with Gasteiger partial charge in [-0.05, 0) is 24.3 Å². The highest BCUT2D eigenvalue weighted by Gasteiger charge is 2.19. The Morgan fingerprint density at radius 3 is 2.69 bits per heavy atom. The van der Waals surface area contributed by atoms with E-state index in [1.807, 2.05) is 6.07 Å². The Labute approximate surface area is 171 Å². The number of rotatable bonds is 9. The number of aromatic nitrogens is 2. The minimum atomic E-state index is -3.44. The minimum absolute atomic E-state index is 0.00327. The van der Waals surface area contributed by atoms with E-state index in [1.165, 1.54) is 31.5 Å². The second-order valence-electron chi connectivity index (χ2n) is 6.14. The number of H-pyrrole nitrogens is 1. The maximum absolute atomic E-state index is 15.1. The van der Waals surface area contributed by atoms with Gasteiger partial charge >= 0.3 is 0 Å². The van der Waals surface area contributed by atoms with Gasteiger partial charge in [-0.1, -0.05) is 11.9 Å². The predicted octanol–water partition coefficient (Wildman–Crippen LogP) is 3.03. The van der Waals surface area contributed by atoms with E-state index >= 15 is 4.39 Å². The van der Waals surface area contributed by atoms with Gasteiger partial charge < -0.3 is 19.2 Å². The van der Waals surface area contributed by atoms with Crippen molar-refractivity contribution in [1.82, 2.24) is 9.97 Å². The molecule has 0 aliphatic rings. The van der Waals surface area contributed by atoms with Crippen LogP contribution in [0, 0.1) is 5.82 Å². The number of sulfone groups is 1. The largest absolute Gasteiger partial charge is 0.486 e. The summed E-state index contributed by atoms with van der Waals surface area (Å²) in [5, 5.41) is 6.10. The Morgan fingerprint density at radius 1 is 1.28 bits per heavy atom. The van der Waals surface area contributed by atoms with Crippen LogP contribution in [0.1, 0.15) is 5.69 Å². The Balaban J connectivity index is 1.99. The third-order valence-corrected chi connectivity index (χ3v) is 5.40. The normalized spacial score (nSPS) is 11.7. The summed E-state index contributed by atoms with van der Waals surface area (Å²) in [5.74, 6) is -0.0735. The highest BCUT2D eigenvalue weighted by atomic mass is 32.2. The van der Waals surface area contributed by atoms with E-state index in [0.717, 1.165) is 23.9 Å². The Bertz CT molecular complexity index is 1100. The number of hydrogen-bond donors (Lipinski definition) is 2. The molecule has 0 aliphatic heterocycles. The SMILES string of the molecule is COCCOc1c(F)c(Oc2ccc(S(C)(=O)=O)nc2)cc2cc(CSN)[nH]c12. The number of benzene rings is 1. The number of halogens is 1. The van der Waals surface area contributed by atoms with Crippen molar-refractivity contribution in [2.75, 3.05) is 26.6 Å². The van der Waals surface area contributed by atoms with Crippen molar-refractivity contribution in [2.45, 2.75) is 10.8 Å². The standard InChI is InChI=1S/C18H20FN3O5S2/c1-25-5-6-26-18-16(19)14(8-11-7-12(10-28-20)22-17(11)18)27-13-3-4-15(21-9-13)29(2,23)24/h3-4,7-9,22H,5-6,10,20H2,1-2H3. The van der Waals surface area contributed by atoms with Crippen LogP contribution in [0.2, 0.25) is 0 Å². The molecular formula is C18H20FN3O5S2. The molecule has 0 amide bonds. The van der Waals surface area contributed by atoms with Gasteiger partial charge in [0.1, 0.15) is 12.4 Å². The van der Waals surface area contributed by atoms with E-state index < -0.39 is 15.7 Å². The molecule has 0 aliphatic carbocycles. The number of aromatic amines is 1. The van der Waals surface area contributed by atoms with Crippen molar-refractivity contribution < 1.29 is 27.0 Å². The third kappa shape index (κ3) is 4.99. The van der Waals surface area contributed by atoms with Crippen LogP contribution >= 0.6 is 11.9 Å². The lowest BCUT2D eigenvalue weighted by molar-refractivity contribution is 0.144. The quantitative estimate of drug-likeness (QED) is 0.384. The van der Waals surface area contributed by atoms with E-state index in [0.29, 0.717) is 16.7 Å². The molecule has 0 radical (unpaired) electrons. The molecule has 3 N–H and O–H groups in total. The first-order valence-electron chi connectivity index (χ1n) is 8.45. The number of nitrogens with one attached hydrogen (secondary N) is 1. The van der Waals surface area contributed by atoms with Gasteiger partial charge in [0.05, 0.1) is 18.3 Å². The summed E-state index contributed by atoms with van der Waals surface area (Å²) in [6.45, 7) is 0.436. The zero-order valence-corrected chi connectivity index (χ0v) is 17.4. The van der Waals surface area contributed by atoms with Crippen molar-refractivity contribution in [2.24, 2.45) is 5.14 Å². The molecule has 11 heteroatoms. The van der Waals surface area contributed by atoms with Crippen LogP contribution in [-0.2, 0) is 20.3 Å². The van der Waals surface area contributed by atoms with E-state index in [1.54, 1.807) is 0 Å². The van der Waals surface area contributed by atoms with Crippen LogP contribution in [-0.4, -0.2) is 45.0 Å². The number of methoxy groups -OCH3 is 1. The van der Waals surface area contributed by atoms with E-state index in [9.17, 15) is 8.42 Å². The fraction of sp³-hybridized carbons (Fsp3) is 0.278. The predicted molar refractivity (Wildman–Crippen MR) is 109 cm³/mol. The van der Waals surface area contributed by atoms with Crippen LogP contribution in [0.4, 0.5) is 4.39 Å². The summed E-state index contributed by atoms with van der Waals surface area (Å²) < 4.78 is 54.3. The molecule has 0 spiro atoms. The molecule has 2 aromatic heterocycles. The van der Waals surface area contributed by atoms with E-state index in [4.69, 9.17) is 19.3 Å². The number of ether oxygens (including phenoxy) is 3. The molecule has 0 atom stereocenters. The lowest BCUT2D eigenvalue weighted by Gasteiger charge is -2.12. The van der Waals surface area contributed by atoms with E-state index in [2.05, 4.69) is 9.97 Å². The maximum Gasteiger partial charge on any atom is 0.209 e. The van der Waals surface area contributed by atoms with Crippen LogP contribution in [0.25, 0.3) is 10.9 Å². The average molecular weight is 442 g/mol. The summed E-state index contributed by atoms with van der Waals surface area (Å²) in [4.78, 5) is 6.95. The first-order chi connectivity index (χ1) is 13.8. The molecule has 8 nitrogen and oxygen atoms in total. The Morgan fingerprint density at radius 2 is 2.07 bits per heavy atom. The van der Waals surface area contributed by atoms with Crippen molar-refractivity contribution >= 4 is 32.7 Å². The topological polar surface area (TPSA) is 117 Å². The molecule has 1 aromatic carbocycles. The lowest BCUT2D eigenvalue weighted by Crippen LogP contribution is -2.06. The van der Waals surface area contributed by atoms with Gasteiger partial charge in [-0.2, -0.15) is 4.39 Å². The first kappa shape index (κ1) is 21.4. The summed E-state index contributed by atoms with van der Waals surface area (Å²) in [7, 11) is -1.92. The third-order valence-electron chi connectivity index (χ3n) is 3.92. The number of nitrogens with two attached hydrogens (primary N) is 1. The second kappa shape index (κ2) is 8.99. The summed E-state index contributed by atoms with van der Waals surface area (Å²) >= 11 is 1.14. The highest BCUT2D eigenvalue weighted by molar-refractivity contribution is 7.96. The van der Waals surface area contributed by atoms with Crippen LogP contribution in [0.3, 0.4) is 0 Å². The molecular weight excluding hydrogens is 421 g/mol. The summed E-state index contributed by atoms with van der Waals surface area (Å²) in [6, 6.07) is 6.06. The smallest absolute Gasteiger partial charge is 0.209 e. The molecule has 0 fully saturated rings. The minimum Gasteiger partial charge on any atom is -0.486 e. The average Bonchev–Trinajstić information content (AvgIpc) is 3.07. The van der Waals surface area contributed by atoms with Gasteiger partial charge in [0.25, 0.3) is 0 Å². The van der Waals surface area contributed by atoms with E-state index in [-0.39, 0.29) is 35.5 Å². The lowest BCUT2D eigenvalue weighted by atomic mass is 10.2. The zero-order chi connectivity index (χ0) is 21.0. The van der Waals surface area contributed by atoms with Gasteiger partial charge in [0.2, 0.25) is 5.82 Å². The molecule has 0 bridgehead atoms. The van der Waals surface area contributed by atoms with Crippen LogP contribution in [0.15, 0.2) is 35.5 Å². The summed E-state index contributed by atoms with van der Waals surface area (Å²) in [5.41, 5.74) is 1.29. The molecule has 3 rings (SSSR count). The van der Waals surface area contributed by atoms with Crippen molar-refractivity contribution in [1.29, 1.82) is 0 Å². The molecule has 2 heterocycles. The first-order valence-corrected chi connectivity index (χ1v) is 11.4. The molecule has 0 unspecified atom stereocenters. The molecule has 3 aromatic rings. The van der Waals surface area contributed by atoms with Crippen molar-refractivity contribution in [3.63, 3.8) is 0 Å². The Hall–Kier alpha value is -2.34. The molecule has 0 saturated heterocycles.